The number of hydrogen-bond acceptors (Lipinski definition) is 4. The van der Waals surface area contributed by atoms with Crippen molar-refractivity contribution in [2.75, 3.05) is 19.6 Å². The van der Waals surface area contributed by atoms with Crippen LogP contribution in [0.2, 0.25) is 0 Å². The number of esters is 1. The summed E-state index contributed by atoms with van der Waals surface area (Å²) in [5.41, 5.74) is 0.352. The number of aryl methyl sites for hydroxylation is 1. The number of piperidine rings is 1. The molecule has 0 aliphatic carbocycles. The molecular weight excluding hydrogens is 275 g/mol. The van der Waals surface area contributed by atoms with E-state index in [1.165, 1.54) is 15.8 Å². The molecule has 1 fully saturated rings. The highest BCUT2D eigenvalue weighted by Gasteiger charge is 2.33. The predicted octanol–water partition coefficient (Wildman–Crippen LogP) is 1.60. The normalized spacial score (nSPS) is 18.2. The Balaban J connectivity index is 1.78. The molecule has 1 saturated heterocycles. The minimum Gasteiger partial charge on any atom is -0.459 e. The maximum Gasteiger partial charge on any atom is 0.401 e. The molecule has 0 unspecified atom stereocenters. The maximum atomic E-state index is 12.2. The molecule has 0 atom stereocenters. The summed E-state index contributed by atoms with van der Waals surface area (Å²) in [7, 11) is 1.69. The fraction of sp³-hybridized carbons (Fsp3) is 0.667. The Morgan fingerprint density at radius 3 is 2.60 bits per heavy atom. The first kappa shape index (κ1) is 14.8. The third-order valence-electron chi connectivity index (χ3n) is 3.15. The van der Waals surface area contributed by atoms with Crippen molar-refractivity contribution in [1.29, 1.82) is 0 Å². The molecule has 0 N–H and O–H groups in total. The summed E-state index contributed by atoms with van der Waals surface area (Å²) in [5, 5.41) is 3.87. The standard InChI is InChI=1S/C12H16F3N3O2/c1-17-7-9(6-16-17)11(19)20-10-2-4-18(5-3-10)8-12(13,14)15/h6-7,10H,2-5,8H2,1H3. The van der Waals surface area contributed by atoms with Gasteiger partial charge in [-0.25, -0.2) is 4.79 Å². The van der Waals surface area contributed by atoms with Crippen LogP contribution in [0.4, 0.5) is 13.2 Å². The van der Waals surface area contributed by atoms with Gasteiger partial charge in [0.15, 0.2) is 0 Å². The monoisotopic (exact) mass is 291 g/mol. The number of carbonyl (C=O) groups is 1. The minimum absolute atomic E-state index is 0.282. The molecule has 1 aromatic rings. The van der Waals surface area contributed by atoms with E-state index in [-0.39, 0.29) is 19.2 Å². The molecule has 2 heterocycles. The second-order valence-corrected chi connectivity index (χ2v) is 4.90. The van der Waals surface area contributed by atoms with Crippen LogP contribution in [0.15, 0.2) is 12.4 Å². The van der Waals surface area contributed by atoms with E-state index in [0.29, 0.717) is 18.4 Å². The van der Waals surface area contributed by atoms with Crippen molar-refractivity contribution in [2.24, 2.45) is 7.05 Å². The molecule has 5 nitrogen and oxygen atoms in total. The summed E-state index contributed by atoms with van der Waals surface area (Å²) < 4.78 is 43.5. The van der Waals surface area contributed by atoms with Crippen LogP contribution in [-0.4, -0.2) is 52.6 Å². The lowest BCUT2D eigenvalue weighted by Crippen LogP contribution is -2.42. The molecule has 112 valence electrons. The quantitative estimate of drug-likeness (QED) is 0.794. The van der Waals surface area contributed by atoms with Gasteiger partial charge in [0.1, 0.15) is 6.10 Å². The molecule has 2 rings (SSSR count). The molecule has 1 aliphatic heterocycles. The van der Waals surface area contributed by atoms with E-state index in [1.54, 1.807) is 13.2 Å². The summed E-state index contributed by atoms with van der Waals surface area (Å²) in [6, 6.07) is 0. The van der Waals surface area contributed by atoms with Gasteiger partial charge in [0.05, 0.1) is 18.3 Å². The van der Waals surface area contributed by atoms with Gasteiger partial charge in [0.25, 0.3) is 0 Å². The lowest BCUT2D eigenvalue weighted by molar-refractivity contribution is -0.150. The Bertz CT molecular complexity index is 465. The van der Waals surface area contributed by atoms with E-state index in [2.05, 4.69) is 5.10 Å². The average molecular weight is 291 g/mol. The summed E-state index contributed by atoms with van der Waals surface area (Å²) in [5.74, 6) is -0.479. The van der Waals surface area contributed by atoms with Crippen LogP contribution >= 0.6 is 0 Å². The van der Waals surface area contributed by atoms with Crippen LogP contribution in [-0.2, 0) is 11.8 Å². The molecule has 0 aromatic carbocycles. The Kier molecular flexibility index (Phi) is 4.32. The highest BCUT2D eigenvalue weighted by molar-refractivity contribution is 5.88. The third-order valence-corrected chi connectivity index (χ3v) is 3.15. The Labute approximate surface area is 114 Å². The van der Waals surface area contributed by atoms with Gasteiger partial charge in [0.2, 0.25) is 0 Å². The first-order valence-electron chi connectivity index (χ1n) is 6.32. The van der Waals surface area contributed by atoms with Crippen molar-refractivity contribution in [3.63, 3.8) is 0 Å². The van der Waals surface area contributed by atoms with Gasteiger partial charge in [-0.05, 0) is 12.8 Å². The topological polar surface area (TPSA) is 47.4 Å². The number of alkyl halides is 3. The molecule has 0 amide bonds. The minimum atomic E-state index is -4.18. The summed E-state index contributed by atoms with van der Waals surface area (Å²) in [4.78, 5) is 13.1. The lowest BCUT2D eigenvalue weighted by Gasteiger charge is -2.31. The van der Waals surface area contributed by atoms with Crippen LogP contribution in [0.5, 0.6) is 0 Å². The number of carbonyl (C=O) groups excluding carboxylic acids is 1. The summed E-state index contributed by atoms with van der Waals surface area (Å²) >= 11 is 0. The number of aromatic nitrogens is 2. The van der Waals surface area contributed by atoms with Gasteiger partial charge in [-0.1, -0.05) is 0 Å². The Morgan fingerprint density at radius 1 is 1.45 bits per heavy atom. The van der Waals surface area contributed by atoms with Crippen molar-refractivity contribution < 1.29 is 22.7 Å². The first-order chi connectivity index (χ1) is 9.33. The SMILES string of the molecule is Cn1cc(C(=O)OC2CCN(CC(F)(F)F)CC2)cn1. The third kappa shape index (κ3) is 4.22. The number of rotatable bonds is 3. The molecule has 0 spiro atoms. The van der Waals surface area contributed by atoms with Crippen LogP contribution in [0.25, 0.3) is 0 Å². The van der Waals surface area contributed by atoms with Gasteiger partial charge in [0, 0.05) is 26.3 Å². The fourth-order valence-electron chi connectivity index (χ4n) is 2.18. The van der Waals surface area contributed by atoms with E-state index in [0.717, 1.165) is 0 Å². The number of ether oxygens (including phenoxy) is 1. The predicted molar refractivity (Wildman–Crippen MR) is 64.1 cm³/mol. The smallest absolute Gasteiger partial charge is 0.401 e. The molecular formula is C12H16F3N3O2. The number of nitrogens with zero attached hydrogens (tertiary/aromatic N) is 3. The second kappa shape index (κ2) is 5.82. The molecule has 20 heavy (non-hydrogen) atoms. The van der Waals surface area contributed by atoms with Gasteiger partial charge < -0.3 is 4.74 Å². The van der Waals surface area contributed by atoms with Crippen molar-refractivity contribution >= 4 is 5.97 Å². The lowest BCUT2D eigenvalue weighted by atomic mass is 10.1. The van der Waals surface area contributed by atoms with Gasteiger partial charge in [-0.15, -0.1) is 0 Å². The molecule has 0 saturated carbocycles. The van der Waals surface area contributed by atoms with E-state index >= 15 is 0 Å². The summed E-state index contributed by atoms with van der Waals surface area (Å²) in [6.45, 7) is -0.342. The van der Waals surface area contributed by atoms with Crippen LogP contribution in [0.1, 0.15) is 23.2 Å². The fourth-order valence-corrected chi connectivity index (χ4v) is 2.18. The molecule has 1 aliphatic rings. The zero-order chi connectivity index (χ0) is 14.8. The maximum absolute atomic E-state index is 12.2. The first-order valence-corrected chi connectivity index (χ1v) is 6.32. The van der Waals surface area contributed by atoms with Crippen molar-refractivity contribution in [1.82, 2.24) is 14.7 Å². The van der Waals surface area contributed by atoms with Crippen LogP contribution in [0, 0.1) is 0 Å². The zero-order valence-electron chi connectivity index (χ0n) is 11.1. The van der Waals surface area contributed by atoms with Gasteiger partial charge >= 0.3 is 12.1 Å². The molecule has 8 heteroatoms. The van der Waals surface area contributed by atoms with E-state index in [9.17, 15) is 18.0 Å². The van der Waals surface area contributed by atoms with Crippen LogP contribution < -0.4 is 0 Å². The largest absolute Gasteiger partial charge is 0.459 e. The summed E-state index contributed by atoms with van der Waals surface area (Å²) in [6.07, 6.45) is -0.724. The molecule has 0 bridgehead atoms. The van der Waals surface area contributed by atoms with E-state index in [1.807, 2.05) is 0 Å². The Morgan fingerprint density at radius 2 is 2.10 bits per heavy atom. The number of hydrogen-bond donors (Lipinski definition) is 0. The van der Waals surface area contributed by atoms with E-state index in [4.69, 9.17) is 4.74 Å². The number of likely N-dealkylation sites (tertiary alicyclic amines) is 1. The molecule has 1 aromatic heterocycles. The number of halogens is 3. The highest BCUT2D eigenvalue weighted by atomic mass is 19.4. The van der Waals surface area contributed by atoms with Crippen molar-refractivity contribution in [2.45, 2.75) is 25.1 Å². The van der Waals surface area contributed by atoms with Crippen LogP contribution in [0.3, 0.4) is 0 Å². The average Bonchev–Trinajstić information content (AvgIpc) is 2.77. The van der Waals surface area contributed by atoms with Crippen molar-refractivity contribution in [3.05, 3.63) is 18.0 Å². The van der Waals surface area contributed by atoms with Gasteiger partial charge in [-0.3, -0.25) is 9.58 Å². The molecule has 0 radical (unpaired) electrons. The van der Waals surface area contributed by atoms with Gasteiger partial charge in [-0.2, -0.15) is 18.3 Å². The van der Waals surface area contributed by atoms with E-state index < -0.39 is 18.7 Å². The zero-order valence-corrected chi connectivity index (χ0v) is 11.1. The Hall–Kier alpha value is -1.57. The highest BCUT2D eigenvalue weighted by Crippen LogP contribution is 2.21. The second-order valence-electron chi connectivity index (χ2n) is 4.90. The van der Waals surface area contributed by atoms with Crippen molar-refractivity contribution in [3.8, 4) is 0 Å².